The summed E-state index contributed by atoms with van der Waals surface area (Å²) >= 11 is 0. The first-order valence-corrected chi connectivity index (χ1v) is 18.6. The molecule has 0 radical (unpaired) electrons. The van der Waals surface area contributed by atoms with Crippen LogP contribution < -0.4 is 34.2 Å². The van der Waals surface area contributed by atoms with E-state index in [1.807, 2.05) is 67.1 Å². The molecule has 0 aliphatic carbocycles. The number of aliphatic imine (C=N–C) groups is 1. The van der Waals surface area contributed by atoms with E-state index in [1.54, 1.807) is 42.2 Å². The number of nitrogens with two attached hydrogens (primary N) is 1. The van der Waals surface area contributed by atoms with E-state index in [9.17, 15) is 9.59 Å². The van der Waals surface area contributed by atoms with Gasteiger partial charge in [0.25, 0.3) is 11.8 Å². The van der Waals surface area contributed by atoms with Crippen LogP contribution in [0.3, 0.4) is 0 Å². The van der Waals surface area contributed by atoms with Crippen molar-refractivity contribution in [3.05, 3.63) is 119 Å². The zero-order valence-corrected chi connectivity index (χ0v) is 31.0. The fourth-order valence-corrected chi connectivity index (χ4v) is 7.72. The van der Waals surface area contributed by atoms with Crippen molar-refractivity contribution in [2.45, 2.75) is 37.8 Å². The van der Waals surface area contributed by atoms with E-state index in [-0.39, 0.29) is 30.7 Å². The standard InChI is InChI=1S/C44H40N4O8/c1-51-38-19-34-28(5-3-6-32-15-30(24-47(32)43(34)49)27-9-12-37-40(17-27)56-25-55-37)18-41(38)53-13-4-14-54-42-21-36-35(20-39(42)52-2)44(50)48-23-29(16-33(48)22-46-36)26-7-10-31(45)11-8-26/h3,6-12,17-24,32-33H,4-5,13-16,25,45H2,1-2H3. The average Bonchev–Trinajstić information content (AvgIpc) is 3.96. The summed E-state index contributed by atoms with van der Waals surface area (Å²) in [4.78, 5) is 35.9. The highest BCUT2D eigenvalue weighted by Crippen LogP contribution is 2.42. The van der Waals surface area contributed by atoms with Gasteiger partial charge in [-0.05, 0) is 83.1 Å². The Kier molecular flexibility index (Phi) is 9.08. The summed E-state index contributed by atoms with van der Waals surface area (Å²) in [6.45, 7) is 0.860. The third-order valence-electron chi connectivity index (χ3n) is 10.7. The average molecular weight is 753 g/mol. The van der Waals surface area contributed by atoms with Crippen LogP contribution in [0.2, 0.25) is 0 Å². The van der Waals surface area contributed by atoms with Crippen LogP contribution in [-0.4, -0.2) is 74.1 Å². The Balaban J connectivity index is 0.850. The van der Waals surface area contributed by atoms with Crippen molar-refractivity contribution in [2.24, 2.45) is 4.99 Å². The van der Waals surface area contributed by atoms with Crippen molar-refractivity contribution >= 4 is 40.5 Å². The number of amides is 2. The van der Waals surface area contributed by atoms with Gasteiger partial charge < -0.3 is 44.0 Å². The van der Waals surface area contributed by atoms with Crippen molar-refractivity contribution in [1.29, 1.82) is 0 Å². The van der Waals surface area contributed by atoms with Gasteiger partial charge in [-0.3, -0.25) is 14.6 Å². The number of ether oxygens (including phenoxy) is 6. The van der Waals surface area contributed by atoms with Gasteiger partial charge in [-0.15, -0.1) is 0 Å². The number of rotatable bonds is 10. The number of benzene rings is 4. The van der Waals surface area contributed by atoms with Crippen LogP contribution in [0.5, 0.6) is 34.5 Å². The first kappa shape index (κ1) is 35.0. The van der Waals surface area contributed by atoms with Crippen molar-refractivity contribution in [1.82, 2.24) is 9.80 Å². The summed E-state index contributed by atoms with van der Waals surface area (Å²) in [6, 6.07) is 20.3. The van der Waals surface area contributed by atoms with Crippen LogP contribution in [0.4, 0.5) is 11.4 Å². The summed E-state index contributed by atoms with van der Waals surface area (Å²) in [5.41, 5.74) is 13.1. The second-order valence-corrected chi connectivity index (χ2v) is 14.1. The monoisotopic (exact) mass is 752 g/mol. The number of anilines is 1. The highest BCUT2D eigenvalue weighted by molar-refractivity contribution is 6.05. The normalized spacial score (nSPS) is 18.9. The Morgan fingerprint density at radius 1 is 0.732 bits per heavy atom. The van der Waals surface area contributed by atoms with Crippen molar-refractivity contribution in [2.75, 3.05) is 40.0 Å². The van der Waals surface area contributed by atoms with E-state index in [0.717, 1.165) is 33.6 Å². The molecule has 0 bridgehead atoms. The summed E-state index contributed by atoms with van der Waals surface area (Å²) in [6.07, 6.45) is 12.3. The lowest BCUT2D eigenvalue weighted by atomic mass is 9.97. The number of hydrogen-bond donors (Lipinski definition) is 1. The van der Waals surface area contributed by atoms with Crippen molar-refractivity contribution in [3.63, 3.8) is 0 Å². The Labute approximate surface area is 324 Å². The molecule has 5 aliphatic rings. The van der Waals surface area contributed by atoms with Gasteiger partial charge in [0.05, 0.1) is 50.8 Å². The lowest BCUT2D eigenvalue weighted by molar-refractivity contribution is 0.0800. The fraction of sp³-hybridized carbons (Fsp3) is 0.250. The number of methoxy groups -OCH3 is 2. The molecule has 5 aliphatic heterocycles. The van der Waals surface area contributed by atoms with Gasteiger partial charge in [-0.2, -0.15) is 0 Å². The van der Waals surface area contributed by atoms with E-state index in [4.69, 9.17) is 39.1 Å². The van der Waals surface area contributed by atoms with E-state index in [0.29, 0.717) is 90.1 Å². The lowest BCUT2D eigenvalue weighted by Crippen LogP contribution is -2.33. The minimum Gasteiger partial charge on any atom is -0.493 e. The molecule has 0 saturated heterocycles. The molecule has 2 N–H and O–H groups in total. The van der Waals surface area contributed by atoms with Gasteiger partial charge in [0.15, 0.2) is 34.5 Å². The highest BCUT2D eigenvalue weighted by Gasteiger charge is 2.34. The van der Waals surface area contributed by atoms with E-state index < -0.39 is 0 Å². The third kappa shape index (κ3) is 6.46. The van der Waals surface area contributed by atoms with Crippen LogP contribution in [0.1, 0.15) is 56.7 Å². The number of nitrogens with zero attached hydrogens (tertiary/aromatic N) is 3. The molecule has 0 spiro atoms. The summed E-state index contributed by atoms with van der Waals surface area (Å²) in [5, 5.41) is 0. The van der Waals surface area contributed by atoms with Crippen LogP contribution in [-0.2, 0) is 6.42 Å². The van der Waals surface area contributed by atoms with E-state index >= 15 is 0 Å². The maximum atomic E-state index is 14.0. The SMILES string of the molecule is COc1cc2c(cc1OCCCOc1cc3c(cc1OC)C(=O)N1C=C(c4ccc(N)cc4)CC1C=N3)CC=CC1CC(c3ccc4c(c3)OCO4)=CN1C2=O. The molecule has 2 unspecified atom stereocenters. The molecule has 284 valence electrons. The van der Waals surface area contributed by atoms with Crippen molar-refractivity contribution < 1.29 is 38.0 Å². The molecule has 0 fully saturated rings. The molecular formula is C44H40N4O8. The van der Waals surface area contributed by atoms with Gasteiger partial charge >= 0.3 is 0 Å². The first-order valence-electron chi connectivity index (χ1n) is 18.6. The molecule has 9 rings (SSSR count). The Hall–Kier alpha value is -6.69. The predicted molar refractivity (Wildman–Crippen MR) is 211 cm³/mol. The maximum Gasteiger partial charge on any atom is 0.260 e. The molecule has 0 aromatic heterocycles. The Morgan fingerprint density at radius 3 is 2.14 bits per heavy atom. The second-order valence-electron chi connectivity index (χ2n) is 14.1. The number of hydrogen-bond acceptors (Lipinski definition) is 10. The van der Waals surface area contributed by atoms with E-state index in [2.05, 4.69) is 12.2 Å². The van der Waals surface area contributed by atoms with Crippen LogP contribution in [0.15, 0.2) is 96.3 Å². The highest BCUT2D eigenvalue weighted by atomic mass is 16.7. The third-order valence-corrected chi connectivity index (χ3v) is 10.7. The van der Waals surface area contributed by atoms with Gasteiger partial charge in [-0.1, -0.05) is 30.4 Å². The zero-order valence-electron chi connectivity index (χ0n) is 31.0. The number of fused-ring (bicyclic) bond motifs is 5. The van der Waals surface area contributed by atoms with Crippen LogP contribution in [0, 0.1) is 0 Å². The number of nitrogen functional groups attached to an aromatic ring is 1. The molecule has 0 saturated carbocycles. The topological polar surface area (TPSA) is 134 Å². The van der Waals surface area contributed by atoms with Gasteiger partial charge in [0, 0.05) is 48.8 Å². The first-order chi connectivity index (χ1) is 27.4. The molecule has 4 aromatic carbocycles. The predicted octanol–water partition coefficient (Wildman–Crippen LogP) is 7.20. The zero-order chi connectivity index (χ0) is 38.3. The molecule has 56 heavy (non-hydrogen) atoms. The molecule has 12 heteroatoms. The van der Waals surface area contributed by atoms with Crippen molar-refractivity contribution in [3.8, 4) is 34.5 Å². The molecule has 4 aromatic rings. The molecule has 5 heterocycles. The Bertz CT molecular complexity index is 2370. The van der Waals surface area contributed by atoms with Gasteiger partial charge in [-0.25, -0.2) is 0 Å². The molecule has 12 nitrogen and oxygen atoms in total. The van der Waals surface area contributed by atoms with Gasteiger partial charge in [0.1, 0.15) is 0 Å². The van der Waals surface area contributed by atoms with E-state index in [1.165, 1.54) is 0 Å². The van der Waals surface area contributed by atoms with Gasteiger partial charge in [0.2, 0.25) is 6.79 Å². The minimum atomic E-state index is -0.201. The second kappa shape index (κ2) is 14.5. The minimum absolute atomic E-state index is 0.0905. The summed E-state index contributed by atoms with van der Waals surface area (Å²) < 4.78 is 34.8. The number of carbonyl (C=O) groups excluding carboxylic acids is 2. The lowest BCUT2D eigenvalue weighted by Gasteiger charge is -2.25. The Morgan fingerprint density at radius 2 is 1.38 bits per heavy atom. The smallest absolute Gasteiger partial charge is 0.260 e. The quantitative estimate of drug-likeness (QED) is 0.101. The summed E-state index contributed by atoms with van der Waals surface area (Å²) in [5.74, 6) is 3.13. The van der Waals surface area contributed by atoms with Crippen LogP contribution in [0.25, 0.3) is 11.1 Å². The molecular weight excluding hydrogens is 713 g/mol. The van der Waals surface area contributed by atoms with Crippen LogP contribution >= 0.6 is 0 Å². The summed E-state index contributed by atoms with van der Waals surface area (Å²) in [7, 11) is 3.11. The number of carbonyl (C=O) groups is 2. The largest absolute Gasteiger partial charge is 0.493 e. The molecule has 2 atom stereocenters. The maximum absolute atomic E-state index is 14.0. The molecule has 2 amide bonds. The number of allylic oxidation sites excluding steroid dienone is 1. The fourth-order valence-electron chi connectivity index (χ4n) is 7.72.